The molecule has 2 aromatic rings. The van der Waals surface area contributed by atoms with Crippen molar-refractivity contribution in [2.45, 2.75) is 0 Å². The van der Waals surface area contributed by atoms with Gasteiger partial charge in [0.2, 0.25) is 0 Å². The van der Waals surface area contributed by atoms with Crippen molar-refractivity contribution in [3.8, 4) is 17.6 Å². The Hall–Kier alpha value is -1.96. The number of hydrogen-bond acceptors (Lipinski definition) is 3. The molecule has 0 bridgehead atoms. The second-order valence-corrected chi connectivity index (χ2v) is 5.70. The molecule has 0 atom stereocenters. The molecule has 0 saturated heterocycles. The monoisotopic (exact) mass is 377 g/mol. The second-order valence-electron chi connectivity index (χ2n) is 4.41. The fourth-order valence-corrected chi connectivity index (χ4v) is 2.51. The summed E-state index contributed by atoms with van der Waals surface area (Å²) >= 11 is 9.36. The van der Waals surface area contributed by atoms with Gasteiger partial charge < -0.3 is 9.47 Å². The summed E-state index contributed by atoms with van der Waals surface area (Å²) in [5.74, 6) is 1.22. The highest BCUT2D eigenvalue weighted by Gasteiger charge is 2.10. The Morgan fingerprint density at radius 2 is 1.73 bits per heavy atom. The number of ether oxygens (including phenoxy) is 2. The largest absolute Gasteiger partial charge is 0.493 e. The summed E-state index contributed by atoms with van der Waals surface area (Å²) in [5.41, 5.74) is 2.15. The molecule has 0 heterocycles. The van der Waals surface area contributed by atoms with Crippen molar-refractivity contribution in [2.24, 2.45) is 0 Å². The van der Waals surface area contributed by atoms with E-state index in [1.54, 1.807) is 32.4 Å². The Morgan fingerprint density at radius 1 is 1.14 bits per heavy atom. The van der Waals surface area contributed by atoms with Crippen LogP contribution in [0.25, 0.3) is 11.6 Å². The van der Waals surface area contributed by atoms with E-state index in [4.69, 9.17) is 21.1 Å². The van der Waals surface area contributed by atoms with Crippen LogP contribution in [0.15, 0.2) is 40.9 Å². The quantitative estimate of drug-likeness (QED) is 0.543. The number of benzene rings is 2. The zero-order chi connectivity index (χ0) is 16.1. The minimum absolute atomic E-state index is 0.532. The lowest BCUT2D eigenvalue weighted by Crippen LogP contribution is -1.92. The molecule has 22 heavy (non-hydrogen) atoms. The van der Waals surface area contributed by atoms with Gasteiger partial charge in [-0.2, -0.15) is 5.26 Å². The highest BCUT2D eigenvalue weighted by atomic mass is 79.9. The predicted octanol–water partition coefficient (Wildman–Crippen LogP) is 5.18. The molecule has 2 rings (SSSR count). The summed E-state index contributed by atoms with van der Waals surface area (Å²) in [6, 6.07) is 13.0. The number of nitriles is 1. The summed E-state index contributed by atoms with van der Waals surface area (Å²) < 4.78 is 11.4. The average Bonchev–Trinajstić information content (AvgIpc) is 2.54. The summed E-state index contributed by atoms with van der Waals surface area (Å²) in [7, 11) is 3.15. The van der Waals surface area contributed by atoms with Gasteiger partial charge >= 0.3 is 0 Å². The number of methoxy groups -OCH3 is 2. The van der Waals surface area contributed by atoms with Crippen LogP contribution < -0.4 is 9.47 Å². The number of rotatable bonds is 4. The number of hydrogen-bond donors (Lipinski definition) is 0. The molecule has 0 N–H and O–H groups in total. The third-order valence-electron chi connectivity index (χ3n) is 3.08. The van der Waals surface area contributed by atoms with Crippen LogP contribution in [0, 0.1) is 11.3 Å². The summed E-state index contributed by atoms with van der Waals surface area (Å²) in [6.45, 7) is 0. The molecular formula is C17H13BrClNO2. The SMILES string of the molecule is COc1cc(Br)c(/C=C(\C#N)c2ccc(Cl)cc2)cc1OC. The predicted molar refractivity (Wildman–Crippen MR) is 92.2 cm³/mol. The van der Waals surface area contributed by atoms with Crippen LogP contribution in [0.2, 0.25) is 5.02 Å². The van der Waals surface area contributed by atoms with Crippen LogP contribution >= 0.6 is 27.5 Å². The first-order valence-corrected chi connectivity index (χ1v) is 7.55. The Morgan fingerprint density at radius 3 is 2.27 bits per heavy atom. The van der Waals surface area contributed by atoms with Gasteiger partial charge in [0, 0.05) is 9.50 Å². The molecule has 112 valence electrons. The first kappa shape index (κ1) is 16.4. The van der Waals surface area contributed by atoms with Crippen LogP contribution in [0.3, 0.4) is 0 Å². The molecule has 0 aromatic heterocycles. The van der Waals surface area contributed by atoms with Gasteiger partial charge in [-0.15, -0.1) is 0 Å². The van der Waals surface area contributed by atoms with Crippen molar-refractivity contribution in [1.82, 2.24) is 0 Å². The lowest BCUT2D eigenvalue weighted by Gasteiger charge is -2.10. The topological polar surface area (TPSA) is 42.2 Å². The maximum atomic E-state index is 9.41. The minimum atomic E-state index is 0.532. The molecule has 0 spiro atoms. The second kappa shape index (κ2) is 7.35. The van der Waals surface area contributed by atoms with Gasteiger partial charge in [0.05, 0.1) is 25.9 Å². The zero-order valence-electron chi connectivity index (χ0n) is 12.1. The summed E-state index contributed by atoms with van der Waals surface area (Å²) in [6.07, 6.45) is 1.79. The Balaban J connectivity index is 2.50. The van der Waals surface area contributed by atoms with Gasteiger partial charge in [-0.3, -0.25) is 0 Å². The molecular weight excluding hydrogens is 366 g/mol. The summed E-state index contributed by atoms with van der Waals surface area (Å²) in [4.78, 5) is 0. The van der Waals surface area contributed by atoms with Crippen LogP contribution in [0.4, 0.5) is 0 Å². The molecule has 0 aliphatic rings. The zero-order valence-corrected chi connectivity index (χ0v) is 14.4. The maximum Gasteiger partial charge on any atom is 0.161 e. The normalized spacial score (nSPS) is 11.0. The first-order valence-electron chi connectivity index (χ1n) is 6.38. The van der Waals surface area contributed by atoms with E-state index in [9.17, 15) is 5.26 Å². The van der Waals surface area contributed by atoms with E-state index in [2.05, 4.69) is 22.0 Å². The van der Waals surface area contributed by atoms with Crippen molar-refractivity contribution in [2.75, 3.05) is 14.2 Å². The van der Waals surface area contributed by atoms with Crippen molar-refractivity contribution >= 4 is 39.2 Å². The Kier molecular flexibility index (Phi) is 5.48. The fraction of sp³-hybridized carbons (Fsp3) is 0.118. The Bertz CT molecular complexity index is 748. The van der Waals surface area contributed by atoms with E-state index in [0.29, 0.717) is 22.1 Å². The maximum absolute atomic E-state index is 9.41. The van der Waals surface area contributed by atoms with E-state index >= 15 is 0 Å². The third kappa shape index (κ3) is 3.62. The fourth-order valence-electron chi connectivity index (χ4n) is 1.95. The van der Waals surface area contributed by atoms with E-state index < -0.39 is 0 Å². The number of allylic oxidation sites excluding steroid dienone is 1. The van der Waals surface area contributed by atoms with E-state index in [1.807, 2.05) is 24.3 Å². The van der Waals surface area contributed by atoms with Crippen molar-refractivity contribution < 1.29 is 9.47 Å². The Labute approximate surface area is 142 Å². The average molecular weight is 379 g/mol. The number of halogens is 2. The number of nitrogens with zero attached hydrogens (tertiary/aromatic N) is 1. The van der Waals surface area contributed by atoms with E-state index in [-0.39, 0.29) is 0 Å². The molecule has 0 aliphatic carbocycles. The third-order valence-corrected chi connectivity index (χ3v) is 4.02. The van der Waals surface area contributed by atoms with Gasteiger partial charge in [-0.1, -0.05) is 39.7 Å². The van der Waals surface area contributed by atoms with E-state index in [1.165, 1.54) is 0 Å². The van der Waals surface area contributed by atoms with Gasteiger partial charge in [-0.25, -0.2) is 0 Å². The highest BCUT2D eigenvalue weighted by Crippen LogP contribution is 2.35. The van der Waals surface area contributed by atoms with Crippen LogP contribution in [-0.4, -0.2) is 14.2 Å². The van der Waals surface area contributed by atoms with Crippen LogP contribution in [0.5, 0.6) is 11.5 Å². The molecule has 5 heteroatoms. The minimum Gasteiger partial charge on any atom is -0.493 e. The molecule has 0 fully saturated rings. The van der Waals surface area contributed by atoms with Crippen molar-refractivity contribution in [3.05, 3.63) is 57.0 Å². The van der Waals surface area contributed by atoms with Crippen LogP contribution in [-0.2, 0) is 0 Å². The first-order chi connectivity index (χ1) is 10.6. The lowest BCUT2D eigenvalue weighted by molar-refractivity contribution is 0.354. The molecule has 0 aliphatic heterocycles. The van der Waals surface area contributed by atoms with Crippen LogP contribution in [0.1, 0.15) is 11.1 Å². The van der Waals surface area contributed by atoms with Crippen molar-refractivity contribution in [3.63, 3.8) is 0 Å². The van der Waals surface area contributed by atoms with Gasteiger partial charge in [0.1, 0.15) is 0 Å². The lowest BCUT2D eigenvalue weighted by atomic mass is 10.0. The van der Waals surface area contributed by atoms with E-state index in [0.717, 1.165) is 15.6 Å². The highest BCUT2D eigenvalue weighted by molar-refractivity contribution is 9.10. The molecule has 3 nitrogen and oxygen atoms in total. The van der Waals surface area contributed by atoms with Gasteiger partial charge in [-0.05, 0) is 41.5 Å². The van der Waals surface area contributed by atoms with Gasteiger partial charge in [0.15, 0.2) is 11.5 Å². The standard InChI is InChI=1S/C17H13BrClNO2/c1-21-16-8-12(15(18)9-17(16)22-2)7-13(10-20)11-3-5-14(19)6-4-11/h3-9H,1-2H3/b13-7+. The molecule has 2 aromatic carbocycles. The molecule has 0 saturated carbocycles. The van der Waals surface area contributed by atoms with Gasteiger partial charge in [0.25, 0.3) is 0 Å². The smallest absolute Gasteiger partial charge is 0.161 e. The summed E-state index contributed by atoms with van der Waals surface area (Å²) in [5, 5.41) is 10.0. The molecule has 0 unspecified atom stereocenters. The van der Waals surface area contributed by atoms with Crippen molar-refractivity contribution in [1.29, 1.82) is 5.26 Å². The molecule has 0 radical (unpaired) electrons. The molecule has 0 amide bonds.